The van der Waals surface area contributed by atoms with E-state index in [-0.39, 0.29) is 12.5 Å². The predicted molar refractivity (Wildman–Crippen MR) is 118 cm³/mol. The van der Waals surface area contributed by atoms with Crippen molar-refractivity contribution < 1.29 is 14.1 Å². The Morgan fingerprint density at radius 3 is 2.74 bits per heavy atom. The van der Waals surface area contributed by atoms with Gasteiger partial charge in [-0.15, -0.1) is 0 Å². The summed E-state index contributed by atoms with van der Waals surface area (Å²) >= 11 is 1.55. The Balaban J connectivity index is 1.37. The zero-order valence-corrected chi connectivity index (χ0v) is 18.3. The van der Waals surface area contributed by atoms with Crippen LogP contribution in [0.2, 0.25) is 0 Å². The van der Waals surface area contributed by atoms with Gasteiger partial charge in [0.15, 0.2) is 6.61 Å². The molecule has 0 N–H and O–H groups in total. The number of esters is 1. The van der Waals surface area contributed by atoms with Crippen LogP contribution >= 0.6 is 11.3 Å². The molecule has 0 aliphatic carbocycles. The Labute approximate surface area is 184 Å². The second-order valence-electron chi connectivity index (χ2n) is 7.19. The quantitative estimate of drug-likeness (QED) is 0.309. The first kappa shape index (κ1) is 20.7. The summed E-state index contributed by atoms with van der Waals surface area (Å²) in [5.74, 6) is 0.247. The summed E-state index contributed by atoms with van der Waals surface area (Å²) in [6, 6.07) is 10.3. The zero-order chi connectivity index (χ0) is 21.8. The third-order valence-corrected chi connectivity index (χ3v) is 5.55. The van der Waals surface area contributed by atoms with Crippen molar-refractivity contribution in [1.29, 1.82) is 0 Å². The lowest BCUT2D eigenvalue weighted by molar-refractivity contribution is -0.139. The van der Waals surface area contributed by atoms with E-state index >= 15 is 0 Å². The van der Waals surface area contributed by atoms with Gasteiger partial charge in [-0.2, -0.15) is 21.4 Å². The van der Waals surface area contributed by atoms with E-state index in [1.165, 1.54) is 17.2 Å². The number of hydrogen-bond acceptors (Lipinski definition) is 7. The number of carbonyl (C=O) groups excluding carboxylic acids is 1. The van der Waals surface area contributed by atoms with E-state index in [1.807, 2.05) is 35.4 Å². The standard InChI is InChI=1S/C23H22N4O3S/c1-15-4-6-18(7-5-15)12-27-17(3)20(16(2)25-27)8-9-22(28)29-13-21-24-23(26-30-21)19-10-11-31-14-19/h4-11,14H,12-13H2,1-3H3/b9-8-. The molecule has 0 unspecified atom stereocenters. The summed E-state index contributed by atoms with van der Waals surface area (Å²) in [7, 11) is 0. The Hall–Kier alpha value is -3.52. The molecule has 0 fully saturated rings. The predicted octanol–water partition coefficient (Wildman–Crippen LogP) is 4.72. The van der Waals surface area contributed by atoms with E-state index in [0.717, 1.165) is 22.5 Å². The summed E-state index contributed by atoms with van der Waals surface area (Å²) in [5.41, 5.74) is 6.02. The maximum atomic E-state index is 12.2. The molecule has 3 aromatic heterocycles. The van der Waals surface area contributed by atoms with Gasteiger partial charge in [0.25, 0.3) is 5.89 Å². The van der Waals surface area contributed by atoms with Crippen molar-refractivity contribution in [2.24, 2.45) is 0 Å². The van der Waals surface area contributed by atoms with Crippen LogP contribution in [0.1, 0.15) is 34.0 Å². The lowest BCUT2D eigenvalue weighted by Gasteiger charge is -2.05. The van der Waals surface area contributed by atoms with Crippen molar-refractivity contribution in [3.63, 3.8) is 0 Å². The molecule has 0 aliphatic rings. The van der Waals surface area contributed by atoms with Gasteiger partial charge in [0, 0.05) is 28.3 Å². The monoisotopic (exact) mass is 434 g/mol. The number of hydrogen-bond donors (Lipinski definition) is 0. The number of nitrogens with zero attached hydrogens (tertiary/aromatic N) is 4. The number of thiophene rings is 1. The number of carbonyl (C=O) groups is 1. The van der Waals surface area contributed by atoms with Crippen LogP contribution in [0, 0.1) is 20.8 Å². The van der Waals surface area contributed by atoms with Crippen LogP contribution in [0.4, 0.5) is 0 Å². The maximum absolute atomic E-state index is 12.2. The molecule has 3 heterocycles. The molecule has 8 heteroatoms. The average molecular weight is 435 g/mol. The third-order valence-electron chi connectivity index (χ3n) is 4.86. The second-order valence-corrected chi connectivity index (χ2v) is 7.97. The van der Waals surface area contributed by atoms with E-state index in [0.29, 0.717) is 12.4 Å². The molecule has 4 aromatic rings. The summed E-state index contributed by atoms with van der Waals surface area (Å²) in [4.78, 5) is 16.4. The van der Waals surface area contributed by atoms with Crippen molar-refractivity contribution in [3.05, 3.63) is 81.1 Å². The minimum atomic E-state index is -0.486. The summed E-state index contributed by atoms with van der Waals surface area (Å²) in [5, 5.41) is 12.4. The molecule has 0 saturated carbocycles. The molecular formula is C23H22N4O3S. The molecule has 0 atom stereocenters. The van der Waals surface area contributed by atoms with E-state index in [1.54, 1.807) is 17.4 Å². The van der Waals surface area contributed by atoms with Crippen molar-refractivity contribution in [3.8, 4) is 11.4 Å². The SMILES string of the molecule is Cc1ccc(Cn2nc(C)c(/C=C\C(=O)OCc3nc(-c4ccsc4)no3)c2C)cc1. The van der Waals surface area contributed by atoms with Gasteiger partial charge in [0.1, 0.15) is 0 Å². The van der Waals surface area contributed by atoms with Crippen molar-refractivity contribution in [1.82, 2.24) is 19.9 Å². The molecule has 4 rings (SSSR count). The number of ether oxygens (including phenoxy) is 1. The molecule has 31 heavy (non-hydrogen) atoms. The first-order chi connectivity index (χ1) is 15.0. The molecule has 0 saturated heterocycles. The van der Waals surface area contributed by atoms with E-state index in [9.17, 15) is 4.79 Å². The van der Waals surface area contributed by atoms with E-state index < -0.39 is 5.97 Å². The third kappa shape index (κ3) is 4.97. The van der Waals surface area contributed by atoms with Crippen LogP contribution in [0.5, 0.6) is 0 Å². The lowest BCUT2D eigenvalue weighted by atomic mass is 10.1. The van der Waals surface area contributed by atoms with Crippen molar-refractivity contribution in [2.75, 3.05) is 0 Å². The summed E-state index contributed by atoms with van der Waals surface area (Å²) in [6.45, 7) is 6.58. The minimum absolute atomic E-state index is 0.0784. The number of aromatic nitrogens is 4. The highest BCUT2D eigenvalue weighted by molar-refractivity contribution is 7.08. The fraction of sp³-hybridized carbons (Fsp3) is 0.217. The zero-order valence-electron chi connectivity index (χ0n) is 17.5. The van der Waals surface area contributed by atoms with Crippen LogP contribution < -0.4 is 0 Å². The van der Waals surface area contributed by atoms with E-state index in [2.05, 4.69) is 46.4 Å². The van der Waals surface area contributed by atoms with Gasteiger partial charge in [-0.3, -0.25) is 4.68 Å². The summed E-state index contributed by atoms with van der Waals surface area (Å²) < 4.78 is 12.3. The van der Waals surface area contributed by atoms with Gasteiger partial charge in [-0.25, -0.2) is 4.79 Å². The van der Waals surface area contributed by atoms with E-state index in [4.69, 9.17) is 9.26 Å². The first-order valence-corrected chi connectivity index (χ1v) is 10.7. The topological polar surface area (TPSA) is 83.0 Å². The summed E-state index contributed by atoms with van der Waals surface area (Å²) in [6.07, 6.45) is 3.12. The molecule has 0 radical (unpaired) electrons. The smallest absolute Gasteiger partial charge is 0.331 e. The highest BCUT2D eigenvalue weighted by atomic mass is 32.1. The van der Waals surface area contributed by atoms with Crippen LogP contribution in [0.25, 0.3) is 17.5 Å². The minimum Gasteiger partial charge on any atom is -0.452 e. The molecule has 0 bridgehead atoms. The lowest BCUT2D eigenvalue weighted by Crippen LogP contribution is -2.04. The highest BCUT2D eigenvalue weighted by Crippen LogP contribution is 2.19. The second kappa shape index (κ2) is 9.09. The average Bonchev–Trinajstić information content (AvgIpc) is 3.49. The number of rotatable bonds is 7. The molecule has 7 nitrogen and oxygen atoms in total. The van der Waals surface area contributed by atoms with Gasteiger partial charge < -0.3 is 9.26 Å². The maximum Gasteiger partial charge on any atom is 0.331 e. The Morgan fingerprint density at radius 2 is 2.00 bits per heavy atom. The van der Waals surface area contributed by atoms with Gasteiger partial charge in [-0.05, 0) is 43.9 Å². The fourth-order valence-corrected chi connectivity index (χ4v) is 3.76. The Morgan fingerprint density at radius 1 is 1.19 bits per heavy atom. The number of benzene rings is 1. The molecule has 0 amide bonds. The van der Waals surface area contributed by atoms with Crippen LogP contribution in [0.3, 0.4) is 0 Å². The van der Waals surface area contributed by atoms with Crippen LogP contribution in [0.15, 0.2) is 51.7 Å². The fourth-order valence-electron chi connectivity index (χ4n) is 3.13. The van der Waals surface area contributed by atoms with Crippen LogP contribution in [-0.4, -0.2) is 25.9 Å². The highest BCUT2D eigenvalue weighted by Gasteiger charge is 2.12. The largest absolute Gasteiger partial charge is 0.452 e. The molecular weight excluding hydrogens is 412 g/mol. The number of aryl methyl sites for hydroxylation is 2. The molecule has 1 aromatic carbocycles. The van der Waals surface area contributed by atoms with Gasteiger partial charge in [0.2, 0.25) is 5.82 Å². The van der Waals surface area contributed by atoms with Crippen LogP contribution in [-0.2, 0) is 22.7 Å². The Bertz CT molecular complexity index is 1200. The van der Waals surface area contributed by atoms with Crippen molar-refractivity contribution in [2.45, 2.75) is 33.9 Å². The van der Waals surface area contributed by atoms with Crippen molar-refractivity contribution >= 4 is 23.4 Å². The first-order valence-electron chi connectivity index (χ1n) is 9.79. The molecule has 0 spiro atoms. The molecule has 0 aliphatic heterocycles. The Kier molecular flexibility index (Phi) is 6.08. The molecule has 158 valence electrons. The van der Waals surface area contributed by atoms with Gasteiger partial charge >= 0.3 is 5.97 Å². The van der Waals surface area contributed by atoms with Gasteiger partial charge in [0.05, 0.1) is 12.2 Å². The van der Waals surface area contributed by atoms with Gasteiger partial charge in [-0.1, -0.05) is 35.0 Å². The normalized spacial score (nSPS) is 11.3.